The van der Waals surface area contributed by atoms with E-state index < -0.39 is 0 Å². The van der Waals surface area contributed by atoms with E-state index in [2.05, 4.69) is 10.5 Å². The molecule has 0 aromatic carbocycles. The quantitative estimate of drug-likeness (QED) is 0.909. The van der Waals surface area contributed by atoms with Gasteiger partial charge in [0.05, 0.1) is 5.69 Å². The number of nitrogens with one attached hydrogen (secondary N) is 1. The molecule has 120 valence electrons. The summed E-state index contributed by atoms with van der Waals surface area (Å²) in [5.41, 5.74) is 1.34. The highest BCUT2D eigenvalue weighted by Gasteiger charge is 2.33. The monoisotopic (exact) mass is 306 g/mol. The summed E-state index contributed by atoms with van der Waals surface area (Å²) >= 11 is 0. The third-order valence-electron chi connectivity index (χ3n) is 4.56. The van der Waals surface area contributed by atoms with Crippen LogP contribution in [0.4, 0.5) is 4.79 Å². The second-order valence-corrected chi connectivity index (χ2v) is 5.86. The van der Waals surface area contributed by atoms with Crippen molar-refractivity contribution in [2.75, 3.05) is 26.2 Å². The molecule has 0 spiro atoms. The number of carbonyl (C=O) groups is 2. The number of nitrogens with zero attached hydrogens (tertiary/aromatic N) is 3. The predicted octanol–water partition coefficient (Wildman–Crippen LogP) is 1.18. The number of carbonyl (C=O) groups excluding carboxylic acids is 2. The van der Waals surface area contributed by atoms with Gasteiger partial charge in [-0.15, -0.1) is 0 Å². The van der Waals surface area contributed by atoms with E-state index in [4.69, 9.17) is 4.52 Å². The first kappa shape index (κ1) is 14.9. The van der Waals surface area contributed by atoms with Crippen LogP contribution in [-0.2, 0) is 6.42 Å². The number of urea groups is 1. The average Bonchev–Trinajstić information content (AvgIpc) is 3.12. The van der Waals surface area contributed by atoms with E-state index in [1.54, 1.807) is 6.92 Å². The van der Waals surface area contributed by atoms with Crippen LogP contribution in [0.2, 0.25) is 0 Å². The molecule has 2 fully saturated rings. The average molecular weight is 306 g/mol. The molecule has 2 aliphatic rings. The van der Waals surface area contributed by atoms with Crippen molar-refractivity contribution in [1.29, 1.82) is 0 Å². The first-order valence-corrected chi connectivity index (χ1v) is 7.90. The molecule has 3 amide bonds. The maximum Gasteiger partial charge on any atom is 0.317 e. The Kier molecular flexibility index (Phi) is 4.04. The third kappa shape index (κ3) is 2.55. The van der Waals surface area contributed by atoms with Crippen LogP contribution in [0, 0.1) is 6.92 Å². The minimum absolute atomic E-state index is 0.0000709. The molecule has 7 nitrogen and oxygen atoms in total. The minimum atomic E-state index is -0.0000709. The molecule has 3 heterocycles. The van der Waals surface area contributed by atoms with Crippen LogP contribution in [0.25, 0.3) is 0 Å². The van der Waals surface area contributed by atoms with E-state index >= 15 is 0 Å². The maximum atomic E-state index is 12.7. The van der Waals surface area contributed by atoms with E-state index in [0.717, 1.165) is 31.6 Å². The van der Waals surface area contributed by atoms with Gasteiger partial charge in [0.2, 0.25) is 0 Å². The summed E-state index contributed by atoms with van der Waals surface area (Å²) in [4.78, 5) is 28.1. The fraction of sp³-hybridized carbons (Fsp3) is 0.667. The van der Waals surface area contributed by atoms with Crippen molar-refractivity contribution in [3.63, 3.8) is 0 Å². The lowest BCUT2D eigenvalue weighted by molar-refractivity contribution is 0.0663. The summed E-state index contributed by atoms with van der Waals surface area (Å²) in [5.74, 6) is 0.586. The Hall–Kier alpha value is -2.05. The zero-order valence-corrected chi connectivity index (χ0v) is 13.1. The molecule has 0 bridgehead atoms. The number of piperidine rings is 1. The summed E-state index contributed by atoms with van der Waals surface area (Å²) in [6.45, 7) is 6.56. The summed E-state index contributed by atoms with van der Waals surface area (Å²) in [6, 6.07) is 0.258. The third-order valence-corrected chi connectivity index (χ3v) is 4.56. The van der Waals surface area contributed by atoms with E-state index in [1.165, 1.54) is 0 Å². The van der Waals surface area contributed by atoms with Crippen LogP contribution in [0.1, 0.15) is 41.6 Å². The van der Waals surface area contributed by atoms with E-state index in [0.29, 0.717) is 30.8 Å². The Labute approximate surface area is 129 Å². The molecule has 7 heteroatoms. The summed E-state index contributed by atoms with van der Waals surface area (Å²) in [5, 5.41) is 6.79. The Morgan fingerprint density at radius 3 is 2.68 bits per heavy atom. The van der Waals surface area contributed by atoms with Gasteiger partial charge in [0.25, 0.3) is 5.91 Å². The molecular formula is C15H22N4O3. The fourth-order valence-corrected chi connectivity index (χ4v) is 3.31. The molecule has 2 aliphatic heterocycles. The van der Waals surface area contributed by atoms with Gasteiger partial charge < -0.3 is 19.6 Å². The number of aryl methyl sites for hydroxylation is 2. The van der Waals surface area contributed by atoms with Gasteiger partial charge in [0.15, 0.2) is 0 Å². The lowest BCUT2D eigenvalue weighted by atomic mass is 10.0. The van der Waals surface area contributed by atoms with Gasteiger partial charge in [-0.2, -0.15) is 0 Å². The number of hydrogen-bond donors (Lipinski definition) is 1. The lowest BCUT2D eigenvalue weighted by Crippen LogP contribution is -2.47. The Morgan fingerprint density at radius 1 is 1.36 bits per heavy atom. The second kappa shape index (κ2) is 5.98. The number of amides is 3. The molecule has 1 N–H and O–H groups in total. The Balaban J connectivity index is 1.65. The van der Waals surface area contributed by atoms with Crippen molar-refractivity contribution in [2.24, 2.45) is 0 Å². The zero-order chi connectivity index (χ0) is 15.7. The molecule has 3 rings (SSSR count). The van der Waals surface area contributed by atoms with Crippen LogP contribution in [0.5, 0.6) is 0 Å². The molecule has 0 radical (unpaired) electrons. The molecule has 0 saturated carbocycles. The second-order valence-electron chi connectivity index (χ2n) is 5.86. The van der Waals surface area contributed by atoms with Gasteiger partial charge >= 0.3 is 6.03 Å². The van der Waals surface area contributed by atoms with Gasteiger partial charge in [-0.1, -0.05) is 12.1 Å². The highest BCUT2D eigenvalue weighted by molar-refractivity contribution is 5.96. The van der Waals surface area contributed by atoms with Gasteiger partial charge in [0, 0.05) is 32.2 Å². The molecule has 0 atom stereocenters. The molecule has 22 heavy (non-hydrogen) atoms. The van der Waals surface area contributed by atoms with Crippen molar-refractivity contribution in [2.45, 2.75) is 39.2 Å². The van der Waals surface area contributed by atoms with Crippen LogP contribution in [-0.4, -0.2) is 59.1 Å². The first-order chi connectivity index (χ1) is 10.6. The van der Waals surface area contributed by atoms with Crippen LogP contribution < -0.4 is 5.32 Å². The highest BCUT2D eigenvalue weighted by atomic mass is 16.5. The summed E-state index contributed by atoms with van der Waals surface area (Å²) < 4.78 is 5.16. The maximum absolute atomic E-state index is 12.7. The number of hydrogen-bond acceptors (Lipinski definition) is 4. The smallest absolute Gasteiger partial charge is 0.317 e. The molecule has 2 saturated heterocycles. The Morgan fingerprint density at radius 2 is 2.09 bits per heavy atom. The van der Waals surface area contributed by atoms with Crippen LogP contribution >= 0.6 is 0 Å². The zero-order valence-electron chi connectivity index (χ0n) is 13.1. The standard InChI is InChI=1S/C15H22N4O3/c1-3-12-13(10(2)22-17-12)14(20)18-7-4-11(5-8-18)19-9-6-16-15(19)21/h11H,3-9H2,1-2H3,(H,16,21). The van der Waals surface area contributed by atoms with Gasteiger partial charge in [0.1, 0.15) is 11.3 Å². The van der Waals surface area contributed by atoms with Gasteiger partial charge in [-0.3, -0.25) is 4.79 Å². The summed E-state index contributed by atoms with van der Waals surface area (Å²) in [7, 11) is 0. The number of rotatable bonds is 3. The molecule has 1 aromatic heterocycles. The van der Waals surface area contributed by atoms with E-state index in [1.807, 2.05) is 16.7 Å². The van der Waals surface area contributed by atoms with Crippen molar-refractivity contribution >= 4 is 11.9 Å². The fourth-order valence-electron chi connectivity index (χ4n) is 3.31. The van der Waals surface area contributed by atoms with E-state index in [-0.39, 0.29) is 18.0 Å². The Bertz CT molecular complexity index is 575. The summed E-state index contributed by atoms with van der Waals surface area (Å²) in [6.07, 6.45) is 2.33. The van der Waals surface area contributed by atoms with E-state index in [9.17, 15) is 9.59 Å². The predicted molar refractivity (Wildman–Crippen MR) is 79.6 cm³/mol. The van der Waals surface area contributed by atoms with Crippen molar-refractivity contribution in [1.82, 2.24) is 20.3 Å². The number of aromatic nitrogens is 1. The normalized spacial score (nSPS) is 19.6. The number of likely N-dealkylation sites (tertiary alicyclic amines) is 1. The van der Waals surface area contributed by atoms with Crippen LogP contribution in [0.3, 0.4) is 0 Å². The topological polar surface area (TPSA) is 78.7 Å². The van der Waals surface area contributed by atoms with Crippen molar-refractivity contribution < 1.29 is 14.1 Å². The van der Waals surface area contributed by atoms with Crippen LogP contribution in [0.15, 0.2) is 4.52 Å². The molecule has 0 aliphatic carbocycles. The highest BCUT2D eigenvalue weighted by Crippen LogP contribution is 2.22. The SMILES string of the molecule is CCc1noc(C)c1C(=O)N1CCC(N2CCNC2=O)CC1. The molecule has 1 aromatic rings. The first-order valence-electron chi connectivity index (χ1n) is 7.90. The largest absolute Gasteiger partial charge is 0.361 e. The minimum Gasteiger partial charge on any atom is -0.361 e. The van der Waals surface area contributed by atoms with Gasteiger partial charge in [-0.05, 0) is 26.2 Å². The van der Waals surface area contributed by atoms with Crippen molar-refractivity contribution in [3.05, 3.63) is 17.0 Å². The van der Waals surface area contributed by atoms with Crippen molar-refractivity contribution in [3.8, 4) is 0 Å². The molecular weight excluding hydrogens is 284 g/mol. The lowest BCUT2D eigenvalue weighted by Gasteiger charge is -2.36. The van der Waals surface area contributed by atoms with Gasteiger partial charge in [-0.25, -0.2) is 4.79 Å². The molecule has 0 unspecified atom stereocenters.